The van der Waals surface area contributed by atoms with E-state index >= 15 is 0 Å². The first-order chi connectivity index (χ1) is 8.11. The molecular weight excluding hydrogens is 325 g/mol. The Morgan fingerprint density at radius 3 is 2.76 bits per heavy atom. The predicted molar refractivity (Wildman–Crippen MR) is 73.3 cm³/mol. The van der Waals surface area contributed by atoms with E-state index in [2.05, 4.69) is 33.2 Å². The molecule has 2 rings (SSSR count). The van der Waals surface area contributed by atoms with Crippen molar-refractivity contribution >= 4 is 39.1 Å². The Labute approximate surface area is 118 Å². The molecule has 1 atom stereocenters. The molecule has 1 aromatic carbocycles. The summed E-state index contributed by atoms with van der Waals surface area (Å²) in [4.78, 5) is 0.221. The number of benzene rings is 1. The van der Waals surface area contributed by atoms with Gasteiger partial charge in [0.05, 0.1) is 32.5 Å². The highest BCUT2D eigenvalue weighted by atomic mass is 79.9. The van der Waals surface area contributed by atoms with Gasteiger partial charge in [-0.3, -0.25) is 0 Å². The summed E-state index contributed by atoms with van der Waals surface area (Å²) in [7, 11) is 0. The molecule has 0 N–H and O–H groups in total. The number of halogens is 3. The Hall–Kier alpha value is -0.580. The lowest BCUT2D eigenvalue weighted by Crippen LogP contribution is -1.94. The van der Waals surface area contributed by atoms with E-state index in [9.17, 15) is 0 Å². The van der Waals surface area contributed by atoms with Gasteiger partial charge in [0.15, 0.2) is 0 Å². The van der Waals surface area contributed by atoms with Crippen molar-refractivity contribution in [3.05, 3.63) is 40.1 Å². The van der Waals surface area contributed by atoms with Crippen LogP contribution in [0.2, 0.25) is 10.0 Å². The smallest absolute Gasteiger partial charge is 0.0967 e. The van der Waals surface area contributed by atoms with Gasteiger partial charge in [-0.25, -0.2) is 4.68 Å². The monoisotopic (exact) mass is 333 g/mol. The third kappa shape index (κ3) is 2.81. The summed E-state index contributed by atoms with van der Waals surface area (Å²) in [6.45, 7) is 2.08. The van der Waals surface area contributed by atoms with Gasteiger partial charge >= 0.3 is 0 Å². The molecule has 0 saturated carbocycles. The van der Waals surface area contributed by atoms with E-state index < -0.39 is 0 Å². The van der Waals surface area contributed by atoms with Crippen molar-refractivity contribution in [2.45, 2.75) is 18.2 Å². The topological polar surface area (TPSA) is 30.7 Å². The number of alkyl halides is 1. The average Bonchev–Trinajstić information content (AvgIpc) is 2.81. The van der Waals surface area contributed by atoms with Gasteiger partial charge in [-0.15, -0.1) is 5.10 Å². The summed E-state index contributed by atoms with van der Waals surface area (Å²) in [5.41, 5.74) is 1.74. The molecule has 0 fully saturated rings. The first-order valence-electron chi connectivity index (χ1n) is 5.13. The summed E-state index contributed by atoms with van der Waals surface area (Å²) in [6, 6.07) is 5.35. The molecule has 3 nitrogen and oxygen atoms in total. The van der Waals surface area contributed by atoms with Crippen molar-refractivity contribution in [1.82, 2.24) is 15.0 Å². The van der Waals surface area contributed by atoms with Crippen molar-refractivity contribution in [2.24, 2.45) is 0 Å². The zero-order valence-corrected chi connectivity index (χ0v) is 12.2. The van der Waals surface area contributed by atoms with Crippen LogP contribution in [0.15, 0.2) is 24.4 Å². The molecule has 0 amide bonds. The van der Waals surface area contributed by atoms with E-state index in [1.165, 1.54) is 0 Å². The lowest BCUT2D eigenvalue weighted by Gasteiger charge is -2.02. The maximum absolute atomic E-state index is 5.96. The number of hydrogen-bond acceptors (Lipinski definition) is 2. The van der Waals surface area contributed by atoms with E-state index in [0.717, 1.165) is 17.8 Å². The Kier molecular flexibility index (Phi) is 4.07. The SMILES string of the molecule is CCC(Br)c1cn(-c2ccc(Cl)c(Cl)c2)nn1. The summed E-state index contributed by atoms with van der Waals surface area (Å²) in [5.74, 6) is 0. The fourth-order valence-corrected chi connectivity index (χ4v) is 1.89. The Morgan fingerprint density at radius 2 is 2.12 bits per heavy atom. The molecular formula is C11H10BrCl2N3. The van der Waals surface area contributed by atoms with Crippen LogP contribution >= 0.6 is 39.1 Å². The van der Waals surface area contributed by atoms with Crippen molar-refractivity contribution in [3.8, 4) is 5.69 Å². The van der Waals surface area contributed by atoms with Crippen LogP contribution in [0.5, 0.6) is 0 Å². The molecule has 6 heteroatoms. The number of hydrogen-bond donors (Lipinski definition) is 0. The Morgan fingerprint density at radius 1 is 1.35 bits per heavy atom. The van der Waals surface area contributed by atoms with E-state index in [1.807, 2.05) is 12.3 Å². The van der Waals surface area contributed by atoms with Crippen molar-refractivity contribution < 1.29 is 0 Å². The zero-order chi connectivity index (χ0) is 12.4. The second-order valence-corrected chi connectivity index (χ2v) is 5.48. The Balaban J connectivity index is 2.33. The second-order valence-electron chi connectivity index (χ2n) is 3.56. The van der Waals surface area contributed by atoms with E-state index in [4.69, 9.17) is 23.2 Å². The molecule has 2 aromatic rings. The number of aromatic nitrogens is 3. The number of nitrogens with zero attached hydrogens (tertiary/aromatic N) is 3. The summed E-state index contributed by atoms with van der Waals surface area (Å²) < 4.78 is 1.68. The normalized spacial score (nSPS) is 12.7. The molecule has 1 aromatic heterocycles. The van der Waals surface area contributed by atoms with Crippen LogP contribution in [0.1, 0.15) is 23.9 Å². The van der Waals surface area contributed by atoms with Gasteiger partial charge in [0.25, 0.3) is 0 Å². The van der Waals surface area contributed by atoms with E-state index in [0.29, 0.717) is 10.0 Å². The van der Waals surface area contributed by atoms with Crippen molar-refractivity contribution in [3.63, 3.8) is 0 Å². The first-order valence-corrected chi connectivity index (χ1v) is 6.80. The second kappa shape index (κ2) is 5.38. The minimum Gasteiger partial charge on any atom is -0.220 e. The molecule has 1 unspecified atom stereocenters. The zero-order valence-electron chi connectivity index (χ0n) is 9.07. The molecule has 0 aliphatic rings. The van der Waals surface area contributed by atoms with Crippen LogP contribution in [-0.2, 0) is 0 Å². The first kappa shape index (κ1) is 12.9. The largest absolute Gasteiger partial charge is 0.220 e. The predicted octanol–water partition coefficient (Wildman–Crippen LogP) is 4.42. The maximum atomic E-state index is 5.96. The summed E-state index contributed by atoms with van der Waals surface area (Å²) >= 11 is 15.4. The van der Waals surface area contributed by atoms with Crippen molar-refractivity contribution in [2.75, 3.05) is 0 Å². The molecule has 90 valence electrons. The van der Waals surface area contributed by atoms with Crippen LogP contribution < -0.4 is 0 Å². The van der Waals surface area contributed by atoms with Gasteiger partial charge in [-0.05, 0) is 24.6 Å². The molecule has 0 bridgehead atoms. The highest BCUT2D eigenvalue weighted by molar-refractivity contribution is 9.09. The van der Waals surface area contributed by atoms with E-state index in [1.54, 1.807) is 16.8 Å². The van der Waals surface area contributed by atoms with Gasteiger partial charge in [-0.1, -0.05) is 51.3 Å². The highest BCUT2D eigenvalue weighted by Gasteiger charge is 2.10. The van der Waals surface area contributed by atoms with Gasteiger partial charge in [0.2, 0.25) is 0 Å². The molecule has 1 heterocycles. The lowest BCUT2D eigenvalue weighted by atomic mass is 10.3. The van der Waals surface area contributed by atoms with Gasteiger partial charge in [-0.2, -0.15) is 0 Å². The van der Waals surface area contributed by atoms with Crippen LogP contribution in [-0.4, -0.2) is 15.0 Å². The third-order valence-corrected chi connectivity index (χ3v) is 4.21. The molecule has 0 saturated heterocycles. The quantitative estimate of drug-likeness (QED) is 0.778. The lowest BCUT2D eigenvalue weighted by molar-refractivity contribution is 0.790. The van der Waals surface area contributed by atoms with E-state index in [-0.39, 0.29) is 4.83 Å². The minimum absolute atomic E-state index is 0.221. The average molecular weight is 335 g/mol. The fourth-order valence-electron chi connectivity index (χ4n) is 1.38. The van der Waals surface area contributed by atoms with Crippen LogP contribution in [0.25, 0.3) is 5.69 Å². The molecule has 0 aliphatic heterocycles. The maximum Gasteiger partial charge on any atom is 0.0967 e. The minimum atomic E-state index is 0.221. The number of rotatable bonds is 3. The van der Waals surface area contributed by atoms with Crippen LogP contribution in [0, 0.1) is 0 Å². The molecule has 0 aliphatic carbocycles. The highest BCUT2D eigenvalue weighted by Crippen LogP contribution is 2.26. The van der Waals surface area contributed by atoms with Gasteiger partial charge < -0.3 is 0 Å². The third-order valence-electron chi connectivity index (χ3n) is 2.36. The summed E-state index contributed by atoms with van der Waals surface area (Å²) in [6.07, 6.45) is 2.84. The van der Waals surface area contributed by atoms with Crippen LogP contribution in [0.3, 0.4) is 0 Å². The van der Waals surface area contributed by atoms with Crippen molar-refractivity contribution in [1.29, 1.82) is 0 Å². The summed E-state index contributed by atoms with van der Waals surface area (Å²) in [5, 5.41) is 9.20. The fraction of sp³-hybridized carbons (Fsp3) is 0.273. The molecule has 17 heavy (non-hydrogen) atoms. The van der Waals surface area contributed by atoms with Gasteiger partial charge in [0, 0.05) is 0 Å². The Bertz CT molecular complexity index is 527. The van der Waals surface area contributed by atoms with Gasteiger partial charge in [0.1, 0.15) is 0 Å². The van der Waals surface area contributed by atoms with Crippen LogP contribution in [0.4, 0.5) is 0 Å². The molecule has 0 spiro atoms. The standard InChI is InChI=1S/C11H10BrCl2N3/c1-2-8(12)11-6-17(16-15-11)7-3-4-9(13)10(14)5-7/h3-6,8H,2H2,1H3. The molecule has 0 radical (unpaired) electrons.